The van der Waals surface area contributed by atoms with E-state index in [0.29, 0.717) is 23.6 Å². The molecule has 3 aromatic rings. The minimum atomic E-state index is -4.98. The number of halogens is 5. The minimum Gasteiger partial charge on any atom is -0.444 e. The first kappa shape index (κ1) is 36.8. The largest absolute Gasteiger partial charge is 0.444 e. The molecule has 2 atom stereocenters. The number of alkyl halides is 3. The van der Waals surface area contributed by atoms with E-state index in [1.165, 1.54) is 37.1 Å². The van der Waals surface area contributed by atoms with E-state index in [1.54, 1.807) is 20.8 Å². The highest BCUT2D eigenvalue weighted by molar-refractivity contribution is 7.91. The predicted octanol–water partition coefficient (Wildman–Crippen LogP) is 5.63. The molecule has 1 unspecified atom stereocenters. The SMILES string of the molecule is CCS(=O)(=O)c1ccc(Cl)cc1Cn1c(=O)[nH]c2c(Cl)c(C[C@@H](C3CCCNC3)N(C)C(=O)OC(C)(C)C)c(C(F)(F)F)cc2c1=O. The molecule has 2 heterocycles. The molecule has 1 aromatic heterocycles. The van der Waals surface area contributed by atoms with Crippen LogP contribution in [0.15, 0.2) is 38.8 Å². The summed E-state index contributed by atoms with van der Waals surface area (Å²) in [5, 5.41) is 2.34. The van der Waals surface area contributed by atoms with Gasteiger partial charge in [0.15, 0.2) is 9.84 Å². The first-order valence-electron chi connectivity index (χ1n) is 15.0. The zero-order valence-electron chi connectivity index (χ0n) is 26.6. The lowest BCUT2D eigenvalue weighted by Gasteiger charge is -2.38. The topological polar surface area (TPSA) is 131 Å². The number of amides is 1. The molecular weight excluding hydrogens is 684 g/mol. The lowest BCUT2D eigenvalue weighted by molar-refractivity contribution is -0.138. The van der Waals surface area contributed by atoms with Crippen LogP contribution in [0.25, 0.3) is 10.9 Å². The third kappa shape index (κ3) is 8.15. The van der Waals surface area contributed by atoms with E-state index in [1.807, 2.05) is 0 Å². The van der Waals surface area contributed by atoms with Crippen molar-refractivity contribution < 1.29 is 31.1 Å². The number of carbonyl (C=O) groups is 1. The van der Waals surface area contributed by atoms with Gasteiger partial charge >= 0.3 is 18.0 Å². The zero-order chi connectivity index (χ0) is 35.1. The monoisotopic (exact) mass is 720 g/mol. The van der Waals surface area contributed by atoms with Crippen molar-refractivity contribution in [1.82, 2.24) is 19.8 Å². The number of nitrogens with one attached hydrogen (secondary N) is 2. The highest BCUT2D eigenvalue weighted by atomic mass is 35.5. The Labute approximate surface area is 280 Å². The summed E-state index contributed by atoms with van der Waals surface area (Å²) in [4.78, 5) is 43.6. The summed E-state index contributed by atoms with van der Waals surface area (Å²) in [6.07, 6.45) is -4.69. The van der Waals surface area contributed by atoms with Crippen molar-refractivity contribution >= 4 is 50.0 Å². The number of aromatic amines is 1. The average molecular weight is 722 g/mol. The number of likely N-dealkylation sites (N-methyl/N-ethyl adjacent to an activating group) is 1. The van der Waals surface area contributed by atoms with Gasteiger partial charge in [0.25, 0.3) is 5.56 Å². The number of piperidine rings is 1. The molecule has 0 spiro atoms. The van der Waals surface area contributed by atoms with Gasteiger partial charge in [0.1, 0.15) is 5.60 Å². The second kappa shape index (κ2) is 13.8. The van der Waals surface area contributed by atoms with Crippen LogP contribution in [-0.2, 0) is 33.7 Å². The molecule has 1 amide bonds. The molecule has 16 heteroatoms. The van der Waals surface area contributed by atoms with Crippen LogP contribution in [0.4, 0.5) is 18.0 Å². The van der Waals surface area contributed by atoms with Crippen LogP contribution in [0.3, 0.4) is 0 Å². The van der Waals surface area contributed by atoms with Crippen molar-refractivity contribution in [2.24, 2.45) is 5.92 Å². The maximum absolute atomic E-state index is 14.7. The molecule has 10 nitrogen and oxygen atoms in total. The van der Waals surface area contributed by atoms with E-state index in [4.69, 9.17) is 27.9 Å². The first-order chi connectivity index (χ1) is 21.7. The molecule has 47 heavy (non-hydrogen) atoms. The summed E-state index contributed by atoms with van der Waals surface area (Å²) in [6, 6.07) is 3.71. The number of ether oxygens (including phenoxy) is 1. The Kier molecular flexibility index (Phi) is 10.8. The van der Waals surface area contributed by atoms with Gasteiger partial charge in [0.05, 0.1) is 38.7 Å². The van der Waals surface area contributed by atoms with Gasteiger partial charge in [0, 0.05) is 18.1 Å². The number of hydrogen-bond donors (Lipinski definition) is 2. The molecule has 2 N–H and O–H groups in total. The first-order valence-corrected chi connectivity index (χ1v) is 17.4. The highest BCUT2D eigenvalue weighted by Crippen LogP contribution is 2.40. The second-order valence-corrected chi connectivity index (χ2v) is 15.6. The number of hydrogen-bond acceptors (Lipinski definition) is 7. The molecular formula is C31H37Cl2F3N4O6S. The van der Waals surface area contributed by atoms with Crippen LogP contribution in [0.1, 0.15) is 57.2 Å². The number of fused-ring (bicyclic) bond motifs is 1. The number of H-pyrrole nitrogens is 1. The second-order valence-electron chi connectivity index (χ2n) is 12.6. The van der Waals surface area contributed by atoms with E-state index in [0.717, 1.165) is 13.0 Å². The Bertz CT molecular complexity index is 1900. The van der Waals surface area contributed by atoms with Crippen LogP contribution >= 0.6 is 23.2 Å². The van der Waals surface area contributed by atoms with Crippen LogP contribution in [-0.4, -0.2) is 66.5 Å². The van der Waals surface area contributed by atoms with Crippen LogP contribution in [0, 0.1) is 5.92 Å². The van der Waals surface area contributed by atoms with E-state index in [2.05, 4.69) is 10.3 Å². The quantitative estimate of drug-likeness (QED) is 0.308. The van der Waals surface area contributed by atoms with E-state index >= 15 is 0 Å². The Hall–Kier alpha value is -3.07. The summed E-state index contributed by atoms with van der Waals surface area (Å²) in [6.45, 7) is 7.02. The Morgan fingerprint density at radius 3 is 2.43 bits per heavy atom. The van der Waals surface area contributed by atoms with E-state index in [9.17, 15) is 36.0 Å². The van der Waals surface area contributed by atoms with E-state index in [-0.39, 0.29) is 39.1 Å². The van der Waals surface area contributed by atoms with Gasteiger partial charge in [-0.05, 0) is 94.4 Å². The molecule has 1 fully saturated rings. The lowest BCUT2D eigenvalue weighted by Crippen LogP contribution is -2.49. The summed E-state index contributed by atoms with van der Waals surface area (Å²) in [5.74, 6) is -0.536. The molecule has 2 aromatic carbocycles. The summed E-state index contributed by atoms with van der Waals surface area (Å²) >= 11 is 12.7. The lowest BCUT2D eigenvalue weighted by atomic mass is 9.85. The highest BCUT2D eigenvalue weighted by Gasteiger charge is 2.39. The fourth-order valence-electron chi connectivity index (χ4n) is 5.80. The van der Waals surface area contributed by atoms with Gasteiger partial charge in [0.2, 0.25) is 0 Å². The molecule has 0 saturated carbocycles. The van der Waals surface area contributed by atoms with Gasteiger partial charge < -0.3 is 19.9 Å². The fraction of sp³-hybridized carbons (Fsp3) is 0.516. The maximum atomic E-state index is 14.7. The van der Waals surface area contributed by atoms with Crippen LogP contribution in [0.5, 0.6) is 0 Å². The Morgan fingerprint density at radius 1 is 1.17 bits per heavy atom. The molecule has 1 aliphatic heterocycles. The fourth-order valence-corrected chi connectivity index (χ4v) is 7.43. The predicted molar refractivity (Wildman–Crippen MR) is 174 cm³/mol. The van der Waals surface area contributed by atoms with Crippen molar-refractivity contribution in [3.8, 4) is 0 Å². The Morgan fingerprint density at radius 2 is 1.85 bits per heavy atom. The standard InChI is InChI=1S/C31H37Cl2F3N4O6S/c1-6-47(44,45)24-10-9-19(32)12-18(24)16-40-27(41)21-13-22(31(34,35)36)20(25(33)26(21)38-28(40)42)14-23(17-8-7-11-37-15-17)39(5)29(43)46-30(2,3)4/h9-10,12-13,17,23,37H,6-8,11,14-16H2,1-5H3,(H,38,42)/t17?,23-/m0/s1. The van der Waals surface area contributed by atoms with Gasteiger partial charge in [-0.3, -0.25) is 9.36 Å². The van der Waals surface area contributed by atoms with Crippen molar-refractivity contribution in [1.29, 1.82) is 0 Å². The average Bonchev–Trinajstić information content (AvgIpc) is 2.97. The molecule has 0 bridgehead atoms. The zero-order valence-corrected chi connectivity index (χ0v) is 28.9. The molecule has 1 aliphatic rings. The van der Waals surface area contributed by atoms with Gasteiger partial charge in [-0.2, -0.15) is 13.2 Å². The number of carbonyl (C=O) groups excluding carboxylic acids is 1. The maximum Gasteiger partial charge on any atom is 0.416 e. The van der Waals surface area contributed by atoms with E-state index < -0.39 is 73.1 Å². The van der Waals surface area contributed by atoms with Crippen LogP contribution < -0.4 is 16.6 Å². The van der Waals surface area contributed by atoms with Crippen molar-refractivity contribution in [3.63, 3.8) is 0 Å². The number of sulfone groups is 1. The van der Waals surface area contributed by atoms with Crippen LogP contribution in [0.2, 0.25) is 10.0 Å². The van der Waals surface area contributed by atoms with Crippen molar-refractivity contribution in [2.45, 2.75) is 76.2 Å². The van der Waals surface area contributed by atoms with Gasteiger partial charge in [-0.1, -0.05) is 30.1 Å². The molecule has 258 valence electrons. The molecule has 4 rings (SSSR count). The number of rotatable bonds is 8. The number of benzene rings is 2. The van der Waals surface area contributed by atoms with Crippen molar-refractivity contribution in [3.05, 3.63) is 71.8 Å². The minimum absolute atomic E-state index is 0.0131. The molecule has 0 aliphatic carbocycles. The van der Waals surface area contributed by atoms with Crippen molar-refractivity contribution in [2.75, 3.05) is 25.9 Å². The third-order valence-corrected chi connectivity index (χ3v) is 10.6. The smallest absolute Gasteiger partial charge is 0.416 e. The third-order valence-electron chi connectivity index (χ3n) is 8.16. The number of aromatic nitrogens is 2. The molecule has 0 radical (unpaired) electrons. The van der Waals surface area contributed by atoms with Gasteiger partial charge in [-0.25, -0.2) is 18.0 Å². The number of nitrogens with zero attached hydrogens (tertiary/aromatic N) is 2. The van der Waals surface area contributed by atoms with Gasteiger partial charge in [-0.15, -0.1) is 0 Å². The molecule has 1 saturated heterocycles. The normalized spacial score (nSPS) is 16.7. The Balaban J connectivity index is 1.89. The summed E-state index contributed by atoms with van der Waals surface area (Å²) in [7, 11) is -2.36. The summed E-state index contributed by atoms with van der Waals surface area (Å²) < 4.78 is 75.7. The summed E-state index contributed by atoms with van der Waals surface area (Å²) in [5.41, 5.74) is -4.88.